The highest BCUT2D eigenvalue weighted by Crippen LogP contribution is 2.09. The predicted octanol–water partition coefficient (Wildman–Crippen LogP) is 1.36. The number of amides is 1. The molecular formula is C17H18N4O2. The molecule has 0 bridgehead atoms. The normalized spacial score (nSPS) is 9.96. The highest BCUT2D eigenvalue weighted by atomic mass is 16.1. The first kappa shape index (κ1) is 16.3. The third kappa shape index (κ3) is 4.20. The Kier molecular flexibility index (Phi) is 5.15. The maximum Gasteiger partial charge on any atom is 0.253 e. The Morgan fingerprint density at radius 3 is 2.78 bits per heavy atom. The number of nitrogens with zero attached hydrogens (tertiary/aromatic N) is 1. The lowest BCUT2D eigenvalue weighted by atomic mass is 10.1. The monoisotopic (exact) mass is 310 g/mol. The summed E-state index contributed by atoms with van der Waals surface area (Å²) in [4.78, 5) is 30.6. The Bertz CT molecular complexity index is 801. The summed E-state index contributed by atoms with van der Waals surface area (Å²) in [7, 11) is 0. The van der Waals surface area contributed by atoms with Gasteiger partial charge in [-0.15, -0.1) is 6.42 Å². The summed E-state index contributed by atoms with van der Waals surface area (Å²) in [5, 5.41) is 5.64. The molecule has 0 radical (unpaired) electrons. The van der Waals surface area contributed by atoms with Crippen LogP contribution in [-0.4, -0.2) is 22.4 Å². The summed E-state index contributed by atoms with van der Waals surface area (Å²) in [5.74, 6) is 2.65. The zero-order valence-corrected chi connectivity index (χ0v) is 13.1. The molecule has 3 N–H and O–H groups in total. The van der Waals surface area contributed by atoms with Crippen LogP contribution in [0.15, 0.2) is 29.2 Å². The van der Waals surface area contributed by atoms with E-state index in [2.05, 4.69) is 26.5 Å². The standard InChI is InChI=1S/C17H18N4O2/c1-4-7-18-16(22)13-5-6-15(19-9-13)20-10-14-11(2)8-12(3)21-17(14)23/h1,5-6,8-9H,7,10H2,2-3H3,(H,18,22)(H,19,20)(H,21,23). The number of pyridine rings is 2. The topological polar surface area (TPSA) is 86.9 Å². The van der Waals surface area contributed by atoms with E-state index in [9.17, 15) is 9.59 Å². The molecule has 0 aromatic carbocycles. The van der Waals surface area contributed by atoms with Crippen LogP contribution in [0, 0.1) is 26.2 Å². The van der Waals surface area contributed by atoms with E-state index in [1.807, 2.05) is 19.9 Å². The Labute approximate surface area is 134 Å². The van der Waals surface area contributed by atoms with Gasteiger partial charge in [-0.3, -0.25) is 9.59 Å². The Morgan fingerprint density at radius 2 is 2.17 bits per heavy atom. The number of anilines is 1. The van der Waals surface area contributed by atoms with Crippen LogP contribution in [-0.2, 0) is 6.54 Å². The number of aromatic nitrogens is 2. The van der Waals surface area contributed by atoms with Gasteiger partial charge in [-0.05, 0) is 37.6 Å². The molecule has 2 heterocycles. The molecule has 0 spiro atoms. The van der Waals surface area contributed by atoms with E-state index in [1.54, 1.807) is 12.1 Å². The molecule has 2 rings (SSSR count). The lowest BCUT2D eigenvalue weighted by molar-refractivity contribution is 0.0958. The van der Waals surface area contributed by atoms with Crippen molar-refractivity contribution in [2.24, 2.45) is 0 Å². The quantitative estimate of drug-likeness (QED) is 0.728. The van der Waals surface area contributed by atoms with Crippen LogP contribution >= 0.6 is 0 Å². The van der Waals surface area contributed by atoms with Crippen LogP contribution in [0.25, 0.3) is 0 Å². The minimum Gasteiger partial charge on any atom is -0.366 e. The molecule has 1 amide bonds. The van der Waals surface area contributed by atoms with Crippen LogP contribution < -0.4 is 16.2 Å². The molecule has 0 aliphatic carbocycles. The lowest BCUT2D eigenvalue weighted by Crippen LogP contribution is -2.23. The van der Waals surface area contributed by atoms with Crippen molar-refractivity contribution in [2.75, 3.05) is 11.9 Å². The molecule has 0 saturated heterocycles. The Hall–Kier alpha value is -3.07. The maximum absolute atomic E-state index is 11.9. The van der Waals surface area contributed by atoms with E-state index in [0.29, 0.717) is 23.5 Å². The van der Waals surface area contributed by atoms with Gasteiger partial charge in [-0.25, -0.2) is 4.98 Å². The van der Waals surface area contributed by atoms with Gasteiger partial charge in [-0.1, -0.05) is 5.92 Å². The predicted molar refractivity (Wildman–Crippen MR) is 89.3 cm³/mol. The number of aryl methyl sites for hydroxylation is 2. The van der Waals surface area contributed by atoms with Crippen molar-refractivity contribution in [1.29, 1.82) is 0 Å². The molecular weight excluding hydrogens is 292 g/mol. The van der Waals surface area contributed by atoms with Crippen molar-refractivity contribution in [3.63, 3.8) is 0 Å². The molecule has 2 aromatic heterocycles. The third-order valence-corrected chi connectivity index (χ3v) is 3.32. The van der Waals surface area contributed by atoms with Crippen molar-refractivity contribution in [1.82, 2.24) is 15.3 Å². The maximum atomic E-state index is 11.9. The van der Waals surface area contributed by atoms with Crippen molar-refractivity contribution >= 4 is 11.7 Å². The smallest absolute Gasteiger partial charge is 0.253 e. The fraction of sp³-hybridized carbons (Fsp3) is 0.235. The zero-order valence-electron chi connectivity index (χ0n) is 13.1. The molecule has 0 unspecified atom stereocenters. The average Bonchev–Trinajstić information content (AvgIpc) is 2.52. The highest BCUT2D eigenvalue weighted by molar-refractivity contribution is 5.94. The number of hydrogen-bond donors (Lipinski definition) is 3. The van der Waals surface area contributed by atoms with Crippen LogP contribution in [0.3, 0.4) is 0 Å². The van der Waals surface area contributed by atoms with Crippen LogP contribution in [0.5, 0.6) is 0 Å². The number of hydrogen-bond acceptors (Lipinski definition) is 4. The van der Waals surface area contributed by atoms with Gasteiger partial charge in [0.1, 0.15) is 5.82 Å². The fourth-order valence-electron chi connectivity index (χ4n) is 2.15. The van der Waals surface area contributed by atoms with E-state index < -0.39 is 0 Å². The van der Waals surface area contributed by atoms with E-state index >= 15 is 0 Å². The molecule has 2 aromatic rings. The van der Waals surface area contributed by atoms with Gasteiger partial charge in [0.25, 0.3) is 11.5 Å². The van der Waals surface area contributed by atoms with E-state index in [4.69, 9.17) is 6.42 Å². The van der Waals surface area contributed by atoms with E-state index in [1.165, 1.54) is 6.20 Å². The molecule has 0 atom stereocenters. The van der Waals surface area contributed by atoms with Crippen molar-refractivity contribution in [3.8, 4) is 12.3 Å². The van der Waals surface area contributed by atoms with Crippen molar-refractivity contribution in [2.45, 2.75) is 20.4 Å². The number of carbonyl (C=O) groups excluding carboxylic acids is 1. The summed E-state index contributed by atoms with van der Waals surface area (Å²) < 4.78 is 0. The number of nitrogens with one attached hydrogen (secondary N) is 3. The molecule has 23 heavy (non-hydrogen) atoms. The van der Waals surface area contributed by atoms with Gasteiger partial charge in [0.15, 0.2) is 0 Å². The first-order chi connectivity index (χ1) is 11.0. The summed E-state index contributed by atoms with van der Waals surface area (Å²) >= 11 is 0. The first-order valence-corrected chi connectivity index (χ1v) is 7.12. The summed E-state index contributed by atoms with van der Waals surface area (Å²) in [5.41, 5.74) is 2.73. The number of terminal acetylenes is 1. The summed E-state index contributed by atoms with van der Waals surface area (Å²) in [6.07, 6.45) is 6.55. The molecule has 0 aliphatic heterocycles. The van der Waals surface area contributed by atoms with Gasteiger partial charge < -0.3 is 15.6 Å². The summed E-state index contributed by atoms with van der Waals surface area (Å²) in [6, 6.07) is 5.25. The zero-order chi connectivity index (χ0) is 16.8. The Balaban J connectivity index is 2.04. The Morgan fingerprint density at radius 1 is 1.39 bits per heavy atom. The summed E-state index contributed by atoms with van der Waals surface area (Å²) in [6.45, 7) is 4.27. The second kappa shape index (κ2) is 7.27. The largest absolute Gasteiger partial charge is 0.366 e. The van der Waals surface area contributed by atoms with Gasteiger partial charge >= 0.3 is 0 Å². The third-order valence-electron chi connectivity index (χ3n) is 3.32. The molecule has 6 nitrogen and oxygen atoms in total. The number of carbonyl (C=O) groups is 1. The lowest BCUT2D eigenvalue weighted by Gasteiger charge is -2.09. The van der Waals surface area contributed by atoms with Gasteiger partial charge in [0, 0.05) is 24.0 Å². The fourth-order valence-corrected chi connectivity index (χ4v) is 2.15. The van der Waals surface area contributed by atoms with Crippen LogP contribution in [0.1, 0.15) is 27.2 Å². The molecule has 0 aliphatic rings. The van der Waals surface area contributed by atoms with Gasteiger partial charge in [0.2, 0.25) is 0 Å². The number of rotatable bonds is 5. The van der Waals surface area contributed by atoms with Crippen molar-refractivity contribution in [3.05, 3.63) is 57.1 Å². The number of H-pyrrole nitrogens is 1. The second-order valence-electron chi connectivity index (χ2n) is 5.12. The van der Waals surface area contributed by atoms with E-state index in [0.717, 1.165) is 11.3 Å². The minimum absolute atomic E-state index is 0.111. The molecule has 6 heteroatoms. The van der Waals surface area contributed by atoms with Crippen LogP contribution in [0.2, 0.25) is 0 Å². The second-order valence-corrected chi connectivity index (χ2v) is 5.12. The van der Waals surface area contributed by atoms with Crippen LogP contribution in [0.4, 0.5) is 5.82 Å². The number of aromatic amines is 1. The average molecular weight is 310 g/mol. The molecule has 0 fully saturated rings. The first-order valence-electron chi connectivity index (χ1n) is 7.12. The minimum atomic E-state index is -0.271. The highest BCUT2D eigenvalue weighted by Gasteiger charge is 2.07. The van der Waals surface area contributed by atoms with Gasteiger partial charge in [-0.2, -0.15) is 0 Å². The van der Waals surface area contributed by atoms with Gasteiger partial charge in [0.05, 0.1) is 12.1 Å². The molecule has 0 saturated carbocycles. The van der Waals surface area contributed by atoms with E-state index in [-0.39, 0.29) is 18.0 Å². The van der Waals surface area contributed by atoms with Crippen molar-refractivity contribution < 1.29 is 4.79 Å². The SMILES string of the molecule is C#CCNC(=O)c1ccc(NCc2c(C)cc(C)[nH]c2=O)nc1. The molecule has 118 valence electrons.